The summed E-state index contributed by atoms with van der Waals surface area (Å²) in [6.07, 6.45) is 3.70. The fourth-order valence-corrected chi connectivity index (χ4v) is 2.00. The number of ether oxygens (including phenoxy) is 1. The smallest absolute Gasteiger partial charge is 0.220 e. The molecule has 3 heteroatoms. The highest BCUT2D eigenvalue weighted by atomic mass is 16.5. The van der Waals surface area contributed by atoms with E-state index < -0.39 is 0 Å². The van der Waals surface area contributed by atoms with Crippen molar-refractivity contribution in [1.29, 1.82) is 0 Å². The molecule has 0 unspecified atom stereocenters. The van der Waals surface area contributed by atoms with Crippen molar-refractivity contribution >= 4 is 5.91 Å². The molecular formula is C17H27NO2. The van der Waals surface area contributed by atoms with Gasteiger partial charge in [0.1, 0.15) is 0 Å². The van der Waals surface area contributed by atoms with Gasteiger partial charge in [-0.15, -0.1) is 0 Å². The molecule has 0 saturated heterocycles. The average molecular weight is 277 g/mol. The number of nitrogens with one attached hydrogen (secondary N) is 1. The first-order chi connectivity index (χ1) is 9.74. The molecule has 1 rings (SSSR count). The van der Waals surface area contributed by atoms with Crippen LogP contribution >= 0.6 is 0 Å². The van der Waals surface area contributed by atoms with Crippen LogP contribution in [0, 0.1) is 0 Å². The van der Waals surface area contributed by atoms with Crippen molar-refractivity contribution in [2.24, 2.45) is 0 Å². The second-order valence-electron chi connectivity index (χ2n) is 5.19. The summed E-state index contributed by atoms with van der Waals surface area (Å²) in [7, 11) is 0. The average Bonchev–Trinajstić information content (AvgIpc) is 2.47. The van der Waals surface area contributed by atoms with Crippen molar-refractivity contribution in [3.8, 4) is 0 Å². The predicted molar refractivity (Wildman–Crippen MR) is 82.8 cm³/mol. The molecule has 1 N–H and O–H groups in total. The summed E-state index contributed by atoms with van der Waals surface area (Å²) >= 11 is 0. The Hall–Kier alpha value is -1.35. The van der Waals surface area contributed by atoms with Gasteiger partial charge in [0.25, 0.3) is 0 Å². The van der Waals surface area contributed by atoms with Crippen LogP contribution in [-0.2, 0) is 9.53 Å². The van der Waals surface area contributed by atoms with Crippen molar-refractivity contribution in [2.45, 2.75) is 45.4 Å². The van der Waals surface area contributed by atoms with E-state index in [0.717, 1.165) is 32.5 Å². The zero-order valence-electron chi connectivity index (χ0n) is 12.7. The normalized spacial score (nSPS) is 12.1. The van der Waals surface area contributed by atoms with Gasteiger partial charge in [-0.1, -0.05) is 50.6 Å². The first kappa shape index (κ1) is 16.7. The Balaban J connectivity index is 2.08. The minimum absolute atomic E-state index is 0.120. The number of hydrogen-bond acceptors (Lipinski definition) is 2. The highest BCUT2D eigenvalue weighted by molar-refractivity contribution is 5.76. The summed E-state index contributed by atoms with van der Waals surface area (Å²) < 4.78 is 5.45. The summed E-state index contributed by atoms with van der Waals surface area (Å²) in [5.74, 6) is 0.381. The van der Waals surface area contributed by atoms with E-state index in [0.29, 0.717) is 13.0 Å². The van der Waals surface area contributed by atoms with Gasteiger partial charge in [0.05, 0.1) is 0 Å². The molecule has 0 aliphatic heterocycles. The Kier molecular flexibility index (Phi) is 8.72. The van der Waals surface area contributed by atoms with E-state index in [1.54, 1.807) is 0 Å². The van der Waals surface area contributed by atoms with Gasteiger partial charge in [-0.05, 0) is 24.3 Å². The highest BCUT2D eigenvalue weighted by Crippen LogP contribution is 2.17. The molecule has 3 nitrogen and oxygen atoms in total. The van der Waals surface area contributed by atoms with Crippen LogP contribution < -0.4 is 5.32 Å². The van der Waals surface area contributed by atoms with Crippen molar-refractivity contribution < 1.29 is 9.53 Å². The molecule has 112 valence electrons. The molecule has 1 atom stereocenters. The molecule has 0 saturated carbocycles. The molecule has 0 aliphatic rings. The largest absolute Gasteiger partial charge is 0.381 e. The second kappa shape index (κ2) is 10.4. The lowest BCUT2D eigenvalue weighted by molar-refractivity contribution is -0.121. The van der Waals surface area contributed by atoms with Crippen LogP contribution in [0.3, 0.4) is 0 Å². The molecule has 0 aliphatic carbocycles. The minimum atomic E-state index is 0.120. The van der Waals surface area contributed by atoms with Crippen LogP contribution in [0.25, 0.3) is 0 Å². The van der Waals surface area contributed by atoms with Crippen molar-refractivity contribution in [3.63, 3.8) is 0 Å². The first-order valence-corrected chi connectivity index (χ1v) is 7.63. The van der Waals surface area contributed by atoms with Crippen LogP contribution in [0.15, 0.2) is 30.3 Å². The molecule has 20 heavy (non-hydrogen) atoms. The zero-order valence-corrected chi connectivity index (χ0v) is 12.7. The Labute approximate surface area is 122 Å². The molecular weight excluding hydrogens is 250 g/mol. The summed E-state index contributed by atoms with van der Waals surface area (Å²) in [5, 5.41) is 2.96. The molecule has 0 fully saturated rings. The Morgan fingerprint density at radius 1 is 1.20 bits per heavy atom. The standard InChI is InChI=1S/C17H27NO2/c1-3-4-12-20-13-8-11-18-17(19)14-15(2)16-9-6-5-7-10-16/h5-7,9-10,15H,3-4,8,11-14H2,1-2H3,(H,18,19)/t15-/m0/s1. The predicted octanol–water partition coefficient (Wildman–Crippen LogP) is 3.50. The third kappa shape index (κ3) is 7.29. The maximum absolute atomic E-state index is 11.8. The molecule has 0 heterocycles. The number of rotatable bonds is 10. The Morgan fingerprint density at radius 3 is 2.60 bits per heavy atom. The molecule has 0 aromatic heterocycles. The quantitative estimate of drug-likeness (QED) is 0.665. The highest BCUT2D eigenvalue weighted by Gasteiger charge is 2.10. The summed E-state index contributed by atoms with van der Waals surface area (Å²) in [4.78, 5) is 11.8. The lowest BCUT2D eigenvalue weighted by atomic mass is 9.98. The van der Waals surface area contributed by atoms with Crippen LogP contribution in [-0.4, -0.2) is 25.7 Å². The molecule has 1 aromatic rings. The maximum atomic E-state index is 11.8. The molecule has 0 spiro atoms. The van der Waals surface area contributed by atoms with E-state index in [1.807, 2.05) is 18.2 Å². The molecule has 0 radical (unpaired) electrons. The SMILES string of the molecule is CCCCOCCCNC(=O)C[C@H](C)c1ccccc1. The minimum Gasteiger partial charge on any atom is -0.381 e. The van der Waals surface area contributed by atoms with Crippen molar-refractivity contribution in [3.05, 3.63) is 35.9 Å². The topological polar surface area (TPSA) is 38.3 Å². The first-order valence-electron chi connectivity index (χ1n) is 7.63. The van der Waals surface area contributed by atoms with Crippen LogP contribution in [0.4, 0.5) is 0 Å². The fraction of sp³-hybridized carbons (Fsp3) is 0.588. The van der Waals surface area contributed by atoms with E-state index in [9.17, 15) is 4.79 Å². The van der Waals surface area contributed by atoms with Gasteiger partial charge in [-0.3, -0.25) is 4.79 Å². The number of carbonyl (C=O) groups excluding carboxylic acids is 1. The van der Waals surface area contributed by atoms with Crippen molar-refractivity contribution in [1.82, 2.24) is 5.32 Å². The lowest BCUT2D eigenvalue weighted by Crippen LogP contribution is -2.26. The monoisotopic (exact) mass is 277 g/mol. The molecule has 1 amide bonds. The number of hydrogen-bond donors (Lipinski definition) is 1. The van der Waals surface area contributed by atoms with Crippen LogP contribution in [0.1, 0.15) is 51.0 Å². The van der Waals surface area contributed by atoms with Gasteiger partial charge in [-0.25, -0.2) is 0 Å². The van der Waals surface area contributed by atoms with Crippen molar-refractivity contribution in [2.75, 3.05) is 19.8 Å². The molecule has 0 bridgehead atoms. The van der Waals surface area contributed by atoms with Gasteiger partial charge < -0.3 is 10.1 Å². The second-order valence-corrected chi connectivity index (χ2v) is 5.19. The van der Waals surface area contributed by atoms with E-state index in [1.165, 1.54) is 5.56 Å². The van der Waals surface area contributed by atoms with Gasteiger partial charge in [0.15, 0.2) is 0 Å². The number of unbranched alkanes of at least 4 members (excludes halogenated alkanes) is 1. The van der Waals surface area contributed by atoms with Crippen LogP contribution in [0.2, 0.25) is 0 Å². The number of benzene rings is 1. The summed E-state index contributed by atoms with van der Waals surface area (Å²) in [6.45, 7) is 6.50. The summed E-state index contributed by atoms with van der Waals surface area (Å²) in [5.41, 5.74) is 1.21. The summed E-state index contributed by atoms with van der Waals surface area (Å²) in [6, 6.07) is 10.2. The van der Waals surface area contributed by atoms with Gasteiger partial charge >= 0.3 is 0 Å². The lowest BCUT2D eigenvalue weighted by Gasteiger charge is -2.12. The van der Waals surface area contributed by atoms with Crippen LogP contribution in [0.5, 0.6) is 0 Å². The van der Waals surface area contributed by atoms with E-state index >= 15 is 0 Å². The Morgan fingerprint density at radius 2 is 1.90 bits per heavy atom. The third-order valence-corrected chi connectivity index (χ3v) is 3.29. The van der Waals surface area contributed by atoms with E-state index in [2.05, 4.69) is 31.3 Å². The maximum Gasteiger partial charge on any atom is 0.220 e. The number of amides is 1. The molecule has 1 aromatic carbocycles. The van der Waals surface area contributed by atoms with Gasteiger partial charge in [0.2, 0.25) is 5.91 Å². The zero-order chi connectivity index (χ0) is 14.6. The fourth-order valence-electron chi connectivity index (χ4n) is 2.00. The van der Waals surface area contributed by atoms with Gasteiger partial charge in [0, 0.05) is 26.2 Å². The third-order valence-electron chi connectivity index (χ3n) is 3.29. The Bertz CT molecular complexity index is 365. The van der Waals surface area contributed by atoms with E-state index in [-0.39, 0.29) is 11.8 Å². The van der Waals surface area contributed by atoms with E-state index in [4.69, 9.17) is 4.74 Å². The van der Waals surface area contributed by atoms with Gasteiger partial charge in [-0.2, -0.15) is 0 Å². The number of carbonyl (C=O) groups is 1.